The van der Waals surface area contributed by atoms with Crippen LogP contribution in [0.5, 0.6) is 0 Å². The Balaban J connectivity index is 0.000000339. The van der Waals surface area contributed by atoms with Gasteiger partial charge in [-0.15, -0.1) is 0 Å². The lowest BCUT2D eigenvalue weighted by atomic mass is 9.74. The highest BCUT2D eigenvalue weighted by Gasteiger charge is 2.40. The van der Waals surface area contributed by atoms with Crippen LogP contribution in [-0.2, 0) is 11.3 Å². The Morgan fingerprint density at radius 1 is 1.16 bits per heavy atom. The standard InChI is InChI=1S/C19H25N5.C2HF3O2/c1-5-16(11-23-19-21-8-3-9-22-19)18-14-24(13-17(18)6-1)12-15-4-2-7-20-10-15;3-2(4,5)1(6)7/h2-4,7-10,16-18H,1,5-6,11-14H2,(H,21,22,23);(H,6,7)/t16-,17+,18+;/m0./s1. The van der Waals surface area contributed by atoms with Gasteiger partial charge in [0.25, 0.3) is 0 Å². The number of halogens is 3. The van der Waals surface area contributed by atoms with Gasteiger partial charge in [-0.05, 0) is 48.3 Å². The molecular weight excluding hydrogens is 411 g/mol. The van der Waals surface area contributed by atoms with Crippen molar-refractivity contribution in [3.63, 3.8) is 0 Å². The predicted octanol–water partition coefficient (Wildman–Crippen LogP) is 3.47. The molecule has 1 saturated carbocycles. The van der Waals surface area contributed by atoms with Crippen molar-refractivity contribution in [1.82, 2.24) is 19.9 Å². The zero-order valence-corrected chi connectivity index (χ0v) is 17.0. The first-order chi connectivity index (χ1) is 14.8. The summed E-state index contributed by atoms with van der Waals surface area (Å²) in [6.07, 6.45) is 6.40. The first-order valence-corrected chi connectivity index (χ1v) is 10.2. The molecule has 2 aliphatic rings. The molecule has 0 amide bonds. The topological polar surface area (TPSA) is 91.2 Å². The van der Waals surface area contributed by atoms with E-state index in [0.29, 0.717) is 0 Å². The Morgan fingerprint density at radius 3 is 2.55 bits per heavy atom. The van der Waals surface area contributed by atoms with Gasteiger partial charge < -0.3 is 10.4 Å². The van der Waals surface area contributed by atoms with Gasteiger partial charge >= 0.3 is 12.1 Å². The highest BCUT2D eigenvalue weighted by atomic mass is 19.4. The zero-order valence-electron chi connectivity index (χ0n) is 17.0. The Hall–Kier alpha value is -2.75. The van der Waals surface area contributed by atoms with Gasteiger partial charge in [0.05, 0.1) is 0 Å². The second-order valence-electron chi connectivity index (χ2n) is 7.93. The molecule has 1 aliphatic carbocycles. The van der Waals surface area contributed by atoms with E-state index in [1.807, 2.05) is 24.5 Å². The Bertz CT molecular complexity index is 823. The number of nitrogens with one attached hydrogen (secondary N) is 1. The van der Waals surface area contributed by atoms with E-state index in [9.17, 15) is 13.2 Å². The second kappa shape index (κ2) is 10.5. The number of aliphatic carboxylic acids is 1. The number of carboxylic acid groups (broad SMARTS) is 1. The maximum atomic E-state index is 10.6. The quantitative estimate of drug-likeness (QED) is 0.740. The largest absolute Gasteiger partial charge is 0.490 e. The van der Waals surface area contributed by atoms with Gasteiger partial charge in [-0.2, -0.15) is 13.2 Å². The number of alkyl halides is 3. The molecule has 31 heavy (non-hydrogen) atoms. The molecule has 168 valence electrons. The molecule has 0 spiro atoms. The van der Waals surface area contributed by atoms with Crippen LogP contribution in [0, 0.1) is 17.8 Å². The van der Waals surface area contributed by atoms with E-state index < -0.39 is 12.1 Å². The predicted molar refractivity (Wildman–Crippen MR) is 108 cm³/mol. The fraction of sp³-hybridized carbons (Fsp3) is 0.524. The van der Waals surface area contributed by atoms with Crippen molar-refractivity contribution in [2.45, 2.75) is 32.0 Å². The van der Waals surface area contributed by atoms with Gasteiger partial charge in [-0.3, -0.25) is 9.88 Å². The van der Waals surface area contributed by atoms with E-state index in [1.165, 1.54) is 37.9 Å². The molecule has 7 nitrogen and oxygen atoms in total. The van der Waals surface area contributed by atoms with Crippen molar-refractivity contribution >= 4 is 11.9 Å². The van der Waals surface area contributed by atoms with Crippen LogP contribution in [-0.4, -0.2) is 56.7 Å². The molecule has 0 bridgehead atoms. The third kappa shape index (κ3) is 6.88. The minimum absolute atomic E-state index is 0.728. The van der Waals surface area contributed by atoms with Gasteiger partial charge in [0, 0.05) is 51.0 Å². The summed E-state index contributed by atoms with van der Waals surface area (Å²) in [7, 11) is 0. The number of rotatable bonds is 5. The Labute approximate surface area is 178 Å². The van der Waals surface area contributed by atoms with Crippen LogP contribution in [0.1, 0.15) is 24.8 Å². The summed E-state index contributed by atoms with van der Waals surface area (Å²) >= 11 is 0. The number of anilines is 1. The average molecular weight is 437 g/mol. The normalized spacial score (nSPS) is 23.4. The molecular formula is C21H26F3N5O2. The van der Waals surface area contributed by atoms with Crippen LogP contribution in [0.25, 0.3) is 0 Å². The Morgan fingerprint density at radius 2 is 1.90 bits per heavy atom. The first kappa shape index (κ1) is 22.9. The molecule has 2 aromatic heterocycles. The number of fused-ring (bicyclic) bond motifs is 1. The number of hydrogen-bond donors (Lipinski definition) is 2. The molecule has 2 N–H and O–H groups in total. The third-order valence-corrected chi connectivity index (χ3v) is 5.78. The number of pyridine rings is 1. The number of likely N-dealkylation sites (tertiary alicyclic amines) is 1. The van der Waals surface area contributed by atoms with Crippen LogP contribution >= 0.6 is 0 Å². The van der Waals surface area contributed by atoms with Gasteiger partial charge in [0.2, 0.25) is 5.95 Å². The van der Waals surface area contributed by atoms with Crippen molar-refractivity contribution < 1.29 is 23.1 Å². The van der Waals surface area contributed by atoms with Gasteiger partial charge in [-0.1, -0.05) is 12.5 Å². The average Bonchev–Trinajstić information content (AvgIpc) is 3.16. The minimum Gasteiger partial charge on any atom is -0.475 e. The summed E-state index contributed by atoms with van der Waals surface area (Å²) < 4.78 is 31.7. The van der Waals surface area contributed by atoms with Crippen molar-refractivity contribution in [3.05, 3.63) is 48.5 Å². The molecule has 0 aromatic carbocycles. The van der Waals surface area contributed by atoms with E-state index in [4.69, 9.17) is 9.90 Å². The van der Waals surface area contributed by atoms with E-state index in [1.54, 1.807) is 12.4 Å². The fourth-order valence-electron chi connectivity index (χ4n) is 4.43. The van der Waals surface area contributed by atoms with Crippen LogP contribution in [0.2, 0.25) is 0 Å². The van der Waals surface area contributed by atoms with Crippen molar-refractivity contribution in [2.75, 3.05) is 25.0 Å². The summed E-state index contributed by atoms with van der Waals surface area (Å²) in [5, 5.41) is 10.6. The highest BCUT2D eigenvalue weighted by Crippen LogP contribution is 2.40. The fourth-order valence-corrected chi connectivity index (χ4v) is 4.43. The molecule has 2 fully saturated rings. The van der Waals surface area contributed by atoms with E-state index in [-0.39, 0.29) is 0 Å². The maximum absolute atomic E-state index is 10.6. The summed E-state index contributed by atoms with van der Waals surface area (Å²) in [4.78, 5) is 24.3. The summed E-state index contributed by atoms with van der Waals surface area (Å²) in [5.74, 6) is 0.370. The molecule has 2 aromatic rings. The van der Waals surface area contributed by atoms with Gasteiger partial charge in [0.1, 0.15) is 0 Å². The van der Waals surface area contributed by atoms with Crippen molar-refractivity contribution in [2.24, 2.45) is 17.8 Å². The van der Waals surface area contributed by atoms with Crippen LogP contribution in [0.4, 0.5) is 19.1 Å². The van der Waals surface area contributed by atoms with Gasteiger partial charge in [0.15, 0.2) is 0 Å². The maximum Gasteiger partial charge on any atom is 0.490 e. The number of nitrogens with zero attached hydrogens (tertiary/aromatic N) is 4. The molecule has 10 heteroatoms. The lowest BCUT2D eigenvalue weighted by molar-refractivity contribution is -0.192. The van der Waals surface area contributed by atoms with E-state index >= 15 is 0 Å². The number of aromatic nitrogens is 3. The molecule has 0 radical (unpaired) electrons. The SMILES string of the molecule is O=C(O)C(F)(F)F.c1cnc(NC[C@@H]2CCC[C@@H]3CN(Cc4cccnc4)C[C@@H]32)nc1. The monoisotopic (exact) mass is 437 g/mol. The molecule has 3 atom stereocenters. The first-order valence-electron chi connectivity index (χ1n) is 10.2. The number of hydrogen-bond acceptors (Lipinski definition) is 6. The molecule has 1 aliphatic heterocycles. The minimum atomic E-state index is -5.08. The number of carboxylic acids is 1. The summed E-state index contributed by atoms with van der Waals surface area (Å²) in [6, 6.07) is 6.07. The van der Waals surface area contributed by atoms with Crippen molar-refractivity contribution in [3.8, 4) is 0 Å². The second-order valence-corrected chi connectivity index (χ2v) is 7.93. The molecule has 0 unspecified atom stereocenters. The third-order valence-electron chi connectivity index (χ3n) is 5.78. The Kier molecular flexibility index (Phi) is 7.78. The number of carbonyl (C=O) groups is 1. The van der Waals surface area contributed by atoms with E-state index in [2.05, 4.69) is 31.2 Å². The van der Waals surface area contributed by atoms with E-state index in [0.717, 1.165) is 36.8 Å². The zero-order chi connectivity index (χ0) is 22.3. The van der Waals surface area contributed by atoms with Crippen LogP contribution in [0.15, 0.2) is 43.0 Å². The highest BCUT2D eigenvalue weighted by molar-refractivity contribution is 5.73. The summed E-state index contributed by atoms with van der Waals surface area (Å²) in [5.41, 5.74) is 1.32. The smallest absolute Gasteiger partial charge is 0.475 e. The molecule has 3 heterocycles. The molecule has 4 rings (SSSR count). The van der Waals surface area contributed by atoms with Crippen LogP contribution in [0.3, 0.4) is 0 Å². The van der Waals surface area contributed by atoms with Crippen molar-refractivity contribution in [1.29, 1.82) is 0 Å². The van der Waals surface area contributed by atoms with Crippen LogP contribution < -0.4 is 5.32 Å². The lowest BCUT2D eigenvalue weighted by Crippen LogP contribution is -2.32. The molecule has 1 saturated heterocycles. The lowest BCUT2D eigenvalue weighted by Gasteiger charge is -2.33. The summed E-state index contributed by atoms with van der Waals surface area (Å²) in [6.45, 7) is 4.47. The van der Waals surface area contributed by atoms with Gasteiger partial charge in [-0.25, -0.2) is 14.8 Å².